The predicted octanol–water partition coefficient (Wildman–Crippen LogP) is 1.32. The van der Waals surface area contributed by atoms with Crippen molar-refractivity contribution in [1.82, 2.24) is 4.90 Å². The van der Waals surface area contributed by atoms with Crippen LogP contribution in [0.4, 0.5) is 5.69 Å². The van der Waals surface area contributed by atoms with Gasteiger partial charge in [0, 0.05) is 13.0 Å². The predicted molar refractivity (Wildman–Crippen MR) is 70.5 cm³/mol. The Morgan fingerprint density at radius 3 is 2.84 bits per heavy atom. The number of nitrogens with zero attached hydrogens (tertiary/aromatic N) is 1. The van der Waals surface area contributed by atoms with Crippen molar-refractivity contribution in [1.29, 1.82) is 0 Å². The van der Waals surface area contributed by atoms with Gasteiger partial charge in [-0.05, 0) is 24.3 Å². The number of thiophene rings is 1. The minimum atomic E-state index is -1.06. The van der Waals surface area contributed by atoms with Crippen LogP contribution in [-0.2, 0) is 9.59 Å². The molecule has 0 aliphatic carbocycles. The summed E-state index contributed by atoms with van der Waals surface area (Å²) in [5, 5.41) is 13.3. The summed E-state index contributed by atoms with van der Waals surface area (Å²) in [5.41, 5.74) is 1.04. The molecule has 102 valence electrons. The average Bonchev–Trinajstić information content (AvgIpc) is 2.88. The Morgan fingerprint density at radius 2 is 2.26 bits per heavy atom. The molecule has 1 saturated heterocycles. The SMILES string of the molecule is Cc1csc(C(=O)O)c1NC(=O)CN1CCCC1=O. The third-order valence-electron chi connectivity index (χ3n) is 2.94. The van der Waals surface area contributed by atoms with E-state index in [1.54, 1.807) is 12.3 Å². The molecule has 6 nitrogen and oxygen atoms in total. The van der Waals surface area contributed by atoms with Gasteiger partial charge in [-0.1, -0.05) is 0 Å². The number of carboxylic acid groups (broad SMARTS) is 1. The lowest BCUT2D eigenvalue weighted by Gasteiger charge is -2.15. The van der Waals surface area contributed by atoms with Crippen LogP contribution in [0.15, 0.2) is 5.38 Å². The Morgan fingerprint density at radius 1 is 1.53 bits per heavy atom. The quantitative estimate of drug-likeness (QED) is 0.872. The number of amides is 2. The molecule has 1 aromatic heterocycles. The zero-order chi connectivity index (χ0) is 14.0. The number of carboxylic acids is 1. The summed E-state index contributed by atoms with van der Waals surface area (Å²) in [6.07, 6.45) is 1.25. The van der Waals surface area contributed by atoms with Gasteiger partial charge in [0.05, 0.1) is 12.2 Å². The lowest BCUT2D eigenvalue weighted by molar-refractivity contribution is -0.131. The van der Waals surface area contributed by atoms with Crippen molar-refractivity contribution in [2.24, 2.45) is 0 Å². The van der Waals surface area contributed by atoms with Gasteiger partial charge in [0.25, 0.3) is 0 Å². The van der Waals surface area contributed by atoms with Gasteiger partial charge in [-0.15, -0.1) is 11.3 Å². The molecule has 0 spiro atoms. The van der Waals surface area contributed by atoms with Crippen LogP contribution in [0.1, 0.15) is 28.1 Å². The van der Waals surface area contributed by atoms with Crippen molar-refractivity contribution in [2.45, 2.75) is 19.8 Å². The van der Waals surface area contributed by atoms with Crippen LogP contribution in [0.25, 0.3) is 0 Å². The van der Waals surface area contributed by atoms with Crippen molar-refractivity contribution < 1.29 is 19.5 Å². The number of hydrogen-bond donors (Lipinski definition) is 2. The van der Waals surface area contributed by atoms with Crippen LogP contribution >= 0.6 is 11.3 Å². The van der Waals surface area contributed by atoms with Crippen LogP contribution in [-0.4, -0.2) is 40.9 Å². The molecule has 0 bridgehead atoms. The molecule has 19 heavy (non-hydrogen) atoms. The molecule has 0 saturated carbocycles. The van der Waals surface area contributed by atoms with E-state index in [0.29, 0.717) is 24.2 Å². The summed E-state index contributed by atoms with van der Waals surface area (Å²) < 4.78 is 0. The van der Waals surface area contributed by atoms with Gasteiger partial charge in [0.1, 0.15) is 4.88 Å². The molecule has 2 N–H and O–H groups in total. The lowest BCUT2D eigenvalue weighted by Crippen LogP contribution is -2.34. The van der Waals surface area contributed by atoms with Crippen LogP contribution in [0, 0.1) is 6.92 Å². The minimum Gasteiger partial charge on any atom is -0.477 e. The normalized spacial score (nSPS) is 14.8. The molecule has 0 radical (unpaired) electrons. The van der Waals surface area contributed by atoms with E-state index in [2.05, 4.69) is 5.32 Å². The molecule has 1 aliphatic heterocycles. The van der Waals surface area contributed by atoms with Gasteiger partial charge in [-0.25, -0.2) is 4.79 Å². The van der Waals surface area contributed by atoms with Crippen molar-refractivity contribution in [3.05, 3.63) is 15.8 Å². The van der Waals surface area contributed by atoms with E-state index in [9.17, 15) is 14.4 Å². The Kier molecular flexibility index (Phi) is 3.84. The van der Waals surface area contributed by atoms with Crippen LogP contribution in [0.3, 0.4) is 0 Å². The fourth-order valence-corrected chi connectivity index (χ4v) is 2.82. The zero-order valence-corrected chi connectivity index (χ0v) is 11.2. The number of likely N-dealkylation sites (tertiary alicyclic amines) is 1. The summed E-state index contributed by atoms with van der Waals surface area (Å²) in [6, 6.07) is 0. The van der Waals surface area contributed by atoms with Crippen molar-refractivity contribution in [2.75, 3.05) is 18.4 Å². The number of nitrogens with one attached hydrogen (secondary N) is 1. The molecule has 2 heterocycles. The summed E-state index contributed by atoms with van der Waals surface area (Å²) in [6.45, 7) is 2.30. The van der Waals surface area contributed by atoms with E-state index in [1.165, 1.54) is 4.90 Å². The topological polar surface area (TPSA) is 86.7 Å². The van der Waals surface area contributed by atoms with Crippen LogP contribution in [0.2, 0.25) is 0 Å². The summed E-state index contributed by atoms with van der Waals surface area (Å²) in [7, 11) is 0. The monoisotopic (exact) mass is 282 g/mol. The Bertz CT molecular complexity index is 538. The third kappa shape index (κ3) is 2.93. The van der Waals surface area contributed by atoms with Gasteiger partial charge in [0.15, 0.2) is 0 Å². The third-order valence-corrected chi connectivity index (χ3v) is 4.03. The standard InChI is InChI=1S/C12H14N2O4S/c1-7-6-19-11(12(17)18)10(7)13-8(15)5-14-4-2-3-9(14)16/h6H,2-5H2,1H3,(H,13,15)(H,17,18). The van der Waals surface area contributed by atoms with E-state index in [1.807, 2.05) is 0 Å². The first-order valence-corrected chi connectivity index (χ1v) is 6.76. The first-order chi connectivity index (χ1) is 8.99. The summed E-state index contributed by atoms with van der Waals surface area (Å²) in [5.74, 6) is -1.46. The maximum atomic E-state index is 11.8. The second kappa shape index (κ2) is 5.40. The largest absolute Gasteiger partial charge is 0.477 e. The van der Waals surface area contributed by atoms with E-state index < -0.39 is 5.97 Å². The molecule has 1 aliphatic rings. The Balaban J connectivity index is 2.04. The number of rotatable bonds is 4. The van der Waals surface area contributed by atoms with Gasteiger partial charge in [-0.3, -0.25) is 9.59 Å². The van der Waals surface area contributed by atoms with E-state index in [0.717, 1.165) is 17.8 Å². The number of carbonyl (C=O) groups excluding carboxylic acids is 2. The highest BCUT2D eigenvalue weighted by molar-refractivity contribution is 7.12. The first-order valence-electron chi connectivity index (χ1n) is 5.88. The van der Waals surface area contributed by atoms with E-state index in [-0.39, 0.29) is 23.2 Å². The van der Waals surface area contributed by atoms with Crippen LogP contribution in [0.5, 0.6) is 0 Å². The molecule has 0 unspecified atom stereocenters. The molecule has 0 aromatic carbocycles. The molecule has 2 amide bonds. The second-order valence-electron chi connectivity index (χ2n) is 4.40. The smallest absolute Gasteiger partial charge is 0.348 e. The van der Waals surface area contributed by atoms with Crippen molar-refractivity contribution in [3.63, 3.8) is 0 Å². The maximum absolute atomic E-state index is 11.8. The molecule has 1 aromatic rings. The van der Waals surface area contributed by atoms with Gasteiger partial charge in [-0.2, -0.15) is 0 Å². The zero-order valence-electron chi connectivity index (χ0n) is 10.4. The average molecular weight is 282 g/mol. The highest BCUT2D eigenvalue weighted by Gasteiger charge is 2.24. The molecule has 1 fully saturated rings. The van der Waals surface area contributed by atoms with Crippen molar-refractivity contribution >= 4 is 34.8 Å². The lowest BCUT2D eigenvalue weighted by atomic mass is 10.2. The Hall–Kier alpha value is -1.89. The summed E-state index contributed by atoms with van der Waals surface area (Å²) in [4.78, 5) is 35.9. The highest BCUT2D eigenvalue weighted by atomic mass is 32.1. The number of carbonyl (C=O) groups is 3. The van der Waals surface area contributed by atoms with E-state index >= 15 is 0 Å². The number of hydrogen-bond acceptors (Lipinski definition) is 4. The molecular weight excluding hydrogens is 268 g/mol. The van der Waals surface area contributed by atoms with Gasteiger partial charge in [0.2, 0.25) is 11.8 Å². The van der Waals surface area contributed by atoms with Crippen molar-refractivity contribution in [3.8, 4) is 0 Å². The van der Waals surface area contributed by atoms with Gasteiger partial charge < -0.3 is 15.3 Å². The molecule has 2 rings (SSSR count). The van der Waals surface area contributed by atoms with Gasteiger partial charge >= 0.3 is 5.97 Å². The fraction of sp³-hybridized carbons (Fsp3) is 0.417. The number of aryl methyl sites for hydroxylation is 1. The van der Waals surface area contributed by atoms with E-state index in [4.69, 9.17) is 5.11 Å². The summed E-state index contributed by atoms with van der Waals surface area (Å²) >= 11 is 1.07. The number of anilines is 1. The maximum Gasteiger partial charge on any atom is 0.348 e. The molecule has 0 atom stereocenters. The second-order valence-corrected chi connectivity index (χ2v) is 5.27. The highest BCUT2D eigenvalue weighted by Crippen LogP contribution is 2.27. The Labute approximate surface area is 114 Å². The first kappa shape index (κ1) is 13.5. The molecular formula is C12H14N2O4S. The van der Waals surface area contributed by atoms with Crippen LogP contribution < -0.4 is 5.32 Å². The number of aromatic carboxylic acids is 1. The molecule has 7 heteroatoms. The fourth-order valence-electron chi connectivity index (χ4n) is 1.98. The minimum absolute atomic E-state index is 0.0207.